The summed E-state index contributed by atoms with van der Waals surface area (Å²) in [5.41, 5.74) is 1.41. The number of esters is 2. The molecule has 0 aliphatic rings. The van der Waals surface area contributed by atoms with Gasteiger partial charge in [0.05, 0.1) is 0 Å². The van der Waals surface area contributed by atoms with Crippen LogP contribution in [0.25, 0.3) is 0 Å². The van der Waals surface area contributed by atoms with Gasteiger partial charge in [0.25, 0.3) is 0 Å². The van der Waals surface area contributed by atoms with Crippen LogP contribution in [0.15, 0.2) is 60.7 Å². The van der Waals surface area contributed by atoms with Crippen molar-refractivity contribution in [3.05, 3.63) is 71.8 Å². The molecule has 2 rings (SSSR count). The molecule has 6 nitrogen and oxygen atoms in total. The van der Waals surface area contributed by atoms with E-state index in [9.17, 15) is 19.8 Å². The van der Waals surface area contributed by atoms with Gasteiger partial charge in [-0.05, 0) is 42.3 Å². The Balaban J connectivity index is 2.18. The van der Waals surface area contributed by atoms with Crippen molar-refractivity contribution >= 4 is 11.9 Å². The van der Waals surface area contributed by atoms with Gasteiger partial charge in [0.2, 0.25) is 0 Å². The maximum atomic E-state index is 12.0. The van der Waals surface area contributed by atoms with Crippen molar-refractivity contribution in [1.82, 2.24) is 0 Å². The minimum atomic E-state index is -0.780. The third-order valence-electron chi connectivity index (χ3n) is 3.31. The highest BCUT2D eigenvalue weighted by atomic mass is 16.6. The van der Waals surface area contributed by atoms with Gasteiger partial charge < -0.3 is 19.7 Å². The Labute approximate surface area is 144 Å². The van der Waals surface area contributed by atoms with Gasteiger partial charge in [-0.15, -0.1) is 0 Å². The smallest absolute Gasteiger partial charge is 0.345 e. The van der Waals surface area contributed by atoms with Crippen LogP contribution in [-0.4, -0.2) is 28.8 Å². The number of hydrogen-bond acceptors (Lipinski definition) is 6. The minimum Gasteiger partial charge on any atom is -0.508 e. The van der Waals surface area contributed by atoms with E-state index in [2.05, 4.69) is 6.58 Å². The van der Waals surface area contributed by atoms with Gasteiger partial charge >= 0.3 is 11.9 Å². The fourth-order valence-corrected chi connectivity index (χ4v) is 2.04. The second-order valence-electron chi connectivity index (χ2n) is 5.41. The molecular weight excluding hydrogens is 324 g/mol. The fraction of sp³-hybridized carbons (Fsp3) is 0.158. The zero-order valence-corrected chi connectivity index (χ0v) is 13.6. The Bertz CT molecular complexity index is 716. The molecule has 0 spiro atoms. The van der Waals surface area contributed by atoms with Gasteiger partial charge in [-0.25, -0.2) is 9.59 Å². The number of ether oxygens (including phenoxy) is 2. The Morgan fingerprint density at radius 2 is 1.40 bits per heavy atom. The van der Waals surface area contributed by atoms with Crippen LogP contribution in [-0.2, 0) is 19.1 Å². The number of rotatable bonds is 6. The molecule has 0 radical (unpaired) electrons. The molecule has 0 aliphatic heterocycles. The van der Waals surface area contributed by atoms with Crippen molar-refractivity contribution in [2.24, 2.45) is 0 Å². The maximum absolute atomic E-state index is 12.0. The fourth-order valence-electron chi connectivity index (χ4n) is 2.04. The first kappa shape index (κ1) is 18.1. The van der Waals surface area contributed by atoms with E-state index in [1.54, 1.807) is 24.3 Å². The van der Waals surface area contributed by atoms with Crippen LogP contribution in [0.2, 0.25) is 0 Å². The summed E-state index contributed by atoms with van der Waals surface area (Å²) in [6.07, 6.45) is -0.780. The van der Waals surface area contributed by atoms with Crippen molar-refractivity contribution in [2.75, 3.05) is 6.61 Å². The molecule has 25 heavy (non-hydrogen) atoms. The lowest BCUT2D eigenvalue weighted by Gasteiger charge is -2.19. The molecule has 0 atom stereocenters. The van der Waals surface area contributed by atoms with Gasteiger partial charge in [0.1, 0.15) is 11.5 Å². The minimum absolute atomic E-state index is 0.0786. The summed E-state index contributed by atoms with van der Waals surface area (Å²) in [5.74, 6) is -1.26. The number of carbonyl (C=O) groups excluding carboxylic acids is 2. The Kier molecular flexibility index (Phi) is 5.79. The van der Waals surface area contributed by atoms with Crippen LogP contribution in [0.3, 0.4) is 0 Å². The Hall–Kier alpha value is -3.28. The van der Waals surface area contributed by atoms with E-state index >= 15 is 0 Å². The first-order chi connectivity index (χ1) is 11.9. The number of hydrogen-bond donors (Lipinski definition) is 2. The molecule has 0 amide bonds. The first-order valence-corrected chi connectivity index (χ1v) is 7.47. The monoisotopic (exact) mass is 342 g/mol. The standard InChI is InChI=1S/C19H18O6/c1-12(2)19(23)24-11-17(22)25-18(13-3-7-15(20)8-4-13)14-5-9-16(21)10-6-14/h3-10,18,20-21H,1,11H2,2H3. The summed E-state index contributed by atoms with van der Waals surface area (Å²) < 4.78 is 10.2. The molecule has 130 valence electrons. The zero-order chi connectivity index (χ0) is 18.4. The summed E-state index contributed by atoms with van der Waals surface area (Å²) in [5, 5.41) is 18.8. The lowest BCUT2D eigenvalue weighted by Crippen LogP contribution is -2.20. The summed E-state index contributed by atoms with van der Waals surface area (Å²) in [7, 11) is 0. The molecule has 0 aromatic heterocycles. The number of aromatic hydroxyl groups is 2. The second-order valence-corrected chi connectivity index (χ2v) is 5.41. The quantitative estimate of drug-likeness (QED) is 0.619. The zero-order valence-electron chi connectivity index (χ0n) is 13.6. The van der Waals surface area contributed by atoms with E-state index in [-0.39, 0.29) is 17.1 Å². The van der Waals surface area contributed by atoms with Crippen LogP contribution in [0, 0.1) is 0 Å². The largest absolute Gasteiger partial charge is 0.508 e. The number of benzene rings is 2. The van der Waals surface area contributed by atoms with Crippen molar-refractivity contribution < 1.29 is 29.3 Å². The van der Waals surface area contributed by atoms with Crippen LogP contribution in [0.5, 0.6) is 11.5 Å². The van der Waals surface area contributed by atoms with Crippen LogP contribution in [0.1, 0.15) is 24.2 Å². The summed E-state index contributed by atoms with van der Waals surface area (Å²) >= 11 is 0. The normalized spacial score (nSPS) is 10.3. The SMILES string of the molecule is C=C(C)C(=O)OCC(=O)OC(c1ccc(O)cc1)c1ccc(O)cc1. The topological polar surface area (TPSA) is 93.1 Å². The van der Waals surface area contributed by atoms with E-state index in [4.69, 9.17) is 9.47 Å². The number of phenolic OH excluding ortho intramolecular Hbond substituents is 2. The van der Waals surface area contributed by atoms with Crippen LogP contribution >= 0.6 is 0 Å². The molecule has 6 heteroatoms. The molecule has 0 saturated heterocycles. The molecule has 2 N–H and O–H groups in total. The van der Waals surface area contributed by atoms with Crippen LogP contribution < -0.4 is 0 Å². The lowest BCUT2D eigenvalue weighted by molar-refractivity contribution is -0.159. The second kappa shape index (κ2) is 8.01. The molecule has 0 fully saturated rings. The van der Waals surface area contributed by atoms with Gasteiger partial charge in [-0.2, -0.15) is 0 Å². The van der Waals surface area contributed by atoms with E-state index in [1.807, 2.05) is 0 Å². The van der Waals surface area contributed by atoms with Gasteiger partial charge in [-0.1, -0.05) is 30.8 Å². The summed E-state index contributed by atoms with van der Waals surface area (Å²) in [6.45, 7) is 4.36. The highest BCUT2D eigenvalue weighted by Gasteiger charge is 2.20. The Morgan fingerprint density at radius 3 is 1.80 bits per heavy atom. The van der Waals surface area contributed by atoms with Crippen molar-refractivity contribution in [3.8, 4) is 11.5 Å². The van der Waals surface area contributed by atoms with Crippen molar-refractivity contribution in [3.63, 3.8) is 0 Å². The van der Waals surface area contributed by atoms with E-state index in [0.717, 1.165) is 0 Å². The lowest BCUT2D eigenvalue weighted by atomic mass is 10.0. The summed E-state index contributed by atoms with van der Waals surface area (Å²) in [6, 6.07) is 12.3. The third-order valence-corrected chi connectivity index (χ3v) is 3.31. The van der Waals surface area contributed by atoms with E-state index < -0.39 is 24.6 Å². The number of phenols is 2. The number of carbonyl (C=O) groups is 2. The molecule has 0 heterocycles. The van der Waals surface area contributed by atoms with Crippen LogP contribution in [0.4, 0.5) is 0 Å². The highest BCUT2D eigenvalue weighted by molar-refractivity contribution is 5.88. The molecule has 0 bridgehead atoms. The third kappa shape index (κ3) is 5.10. The maximum Gasteiger partial charge on any atom is 0.345 e. The first-order valence-electron chi connectivity index (χ1n) is 7.47. The highest BCUT2D eigenvalue weighted by Crippen LogP contribution is 2.28. The molecular formula is C19H18O6. The van der Waals surface area contributed by atoms with E-state index in [1.165, 1.54) is 31.2 Å². The van der Waals surface area contributed by atoms with Crippen molar-refractivity contribution in [2.45, 2.75) is 13.0 Å². The molecule has 0 saturated carbocycles. The molecule has 2 aromatic rings. The molecule has 0 aliphatic carbocycles. The average molecular weight is 342 g/mol. The van der Waals surface area contributed by atoms with E-state index in [0.29, 0.717) is 11.1 Å². The molecule has 0 unspecified atom stereocenters. The van der Waals surface area contributed by atoms with Gasteiger partial charge in [0, 0.05) is 5.57 Å². The predicted octanol–water partition coefficient (Wildman–Crippen LogP) is 2.85. The predicted molar refractivity (Wildman–Crippen MR) is 89.9 cm³/mol. The van der Waals surface area contributed by atoms with Gasteiger partial charge in [0.15, 0.2) is 12.7 Å². The van der Waals surface area contributed by atoms with Crippen molar-refractivity contribution in [1.29, 1.82) is 0 Å². The molecule has 2 aromatic carbocycles. The van der Waals surface area contributed by atoms with Gasteiger partial charge in [-0.3, -0.25) is 0 Å². The Morgan fingerprint density at radius 1 is 0.960 bits per heavy atom. The summed E-state index contributed by atoms with van der Waals surface area (Å²) in [4.78, 5) is 23.4. The average Bonchev–Trinajstić information content (AvgIpc) is 2.59.